The highest BCUT2D eigenvalue weighted by atomic mass is 35.5. The number of aryl methyl sites for hydroxylation is 1. The fraction of sp³-hybridized carbons (Fsp3) is 0.0588. The average Bonchev–Trinajstić information content (AvgIpc) is 3.15. The predicted octanol–water partition coefficient (Wildman–Crippen LogP) is 1.86. The topological polar surface area (TPSA) is 106 Å². The van der Waals surface area contributed by atoms with Crippen molar-refractivity contribution in [3.05, 3.63) is 81.1 Å². The summed E-state index contributed by atoms with van der Waals surface area (Å²) in [6, 6.07) is 11.1. The van der Waals surface area contributed by atoms with Gasteiger partial charge in [-0.3, -0.25) is 25.2 Å². The van der Waals surface area contributed by atoms with Crippen LogP contribution in [0.25, 0.3) is 5.69 Å². The van der Waals surface area contributed by atoms with Crippen molar-refractivity contribution in [3.8, 4) is 5.69 Å². The van der Waals surface area contributed by atoms with Crippen LogP contribution >= 0.6 is 11.6 Å². The molecule has 2 amide bonds. The Morgan fingerprint density at radius 3 is 2.54 bits per heavy atom. The number of hydrazine groups is 1. The maximum absolute atomic E-state index is 12.3. The molecule has 9 heteroatoms. The Labute approximate surface area is 152 Å². The SMILES string of the molecule is Cc1cc(=O)c(C(=O)NNC(=O)c2ccco2)nn1-c1ccccc1Cl. The normalized spacial score (nSPS) is 10.4. The number of aromatic nitrogens is 2. The van der Waals surface area contributed by atoms with Gasteiger partial charge in [0, 0.05) is 11.8 Å². The van der Waals surface area contributed by atoms with Gasteiger partial charge < -0.3 is 4.42 Å². The number of furan rings is 1. The van der Waals surface area contributed by atoms with E-state index in [2.05, 4.69) is 16.0 Å². The van der Waals surface area contributed by atoms with E-state index < -0.39 is 22.9 Å². The van der Waals surface area contributed by atoms with Crippen molar-refractivity contribution in [3.63, 3.8) is 0 Å². The summed E-state index contributed by atoms with van der Waals surface area (Å²) in [5, 5.41) is 4.48. The summed E-state index contributed by atoms with van der Waals surface area (Å²) >= 11 is 6.16. The molecule has 0 radical (unpaired) electrons. The fourth-order valence-corrected chi connectivity index (χ4v) is 2.43. The molecule has 2 N–H and O–H groups in total. The predicted molar refractivity (Wildman–Crippen MR) is 93.2 cm³/mol. The number of amides is 2. The largest absolute Gasteiger partial charge is 0.459 e. The molecule has 0 saturated heterocycles. The molecule has 3 aromatic rings. The first kappa shape index (κ1) is 17.4. The van der Waals surface area contributed by atoms with E-state index in [4.69, 9.17) is 16.0 Å². The summed E-state index contributed by atoms with van der Waals surface area (Å²) < 4.78 is 6.29. The summed E-state index contributed by atoms with van der Waals surface area (Å²) in [7, 11) is 0. The minimum Gasteiger partial charge on any atom is -0.459 e. The number of hydrogen-bond acceptors (Lipinski definition) is 5. The summed E-state index contributed by atoms with van der Waals surface area (Å²) in [4.78, 5) is 36.1. The third-order valence-electron chi connectivity index (χ3n) is 3.44. The number of para-hydroxylation sites is 1. The van der Waals surface area contributed by atoms with Crippen molar-refractivity contribution in [2.24, 2.45) is 0 Å². The van der Waals surface area contributed by atoms with Gasteiger partial charge in [0.1, 0.15) is 0 Å². The van der Waals surface area contributed by atoms with E-state index in [1.165, 1.54) is 29.1 Å². The lowest BCUT2D eigenvalue weighted by atomic mass is 10.2. The summed E-state index contributed by atoms with van der Waals surface area (Å²) in [5.41, 5.74) is 4.32. The van der Waals surface area contributed by atoms with Crippen LogP contribution in [0.3, 0.4) is 0 Å². The highest BCUT2D eigenvalue weighted by Gasteiger charge is 2.17. The summed E-state index contributed by atoms with van der Waals surface area (Å²) in [6.45, 7) is 1.66. The lowest BCUT2D eigenvalue weighted by molar-refractivity contribution is 0.0827. The van der Waals surface area contributed by atoms with Gasteiger partial charge in [-0.25, -0.2) is 4.68 Å². The second kappa shape index (κ2) is 7.24. The molecule has 1 aromatic carbocycles. The Hall–Kier alpha value is -3.39. The van der Waals surface area contributed by atoms with Crippen molar-refractivity contribution in [2.75, 3.05) is 0 Å². The zero-order valence-corrected chi connectivity index (χ0v) is 14.3. The molecule has 0 saturated carbocycles. The van der Waals surface area contributed by atoms with Gasteiger partial charge in [-0.15, -0.1) is 0 Å². The quantitative estimate of drug-likeness (QED) is 0.682. The molecule has 0 unspecified atom stereocenters. The van der Waals surface area contributed by atoms with Gasteiger partial charge in [-0.1, -0.05) is 23.7 Å². The molecule has 0 aliphatic rings. The van der Waals surface area contributed by atoms with Crippen LogP contribution in [0.1, 0.15) is 26.7 Å². The monoisotopic (exact) mass is 372 g/mol. The van der Waals surface area contributed by atoms with E-state index in [-0.39, 0.29) is 5.76 Å². The standard InChI is InChI=1S/C17H13ClN4O4/c1-10-9-13(23)15(21-22(10)12-6-3-2-5-11(12)18)17(25)20-19-16(24)14-7-4-8-26-14/h2-9H,1H3,(H,19,24)(H,20,25). The highest BCUT2D eigenvalue weighted by Crippen LogP contribution is 2.19. The van der Waals surface area contributed by atoms with E-state index in [1.54, 1.807) is 31.2 Å². The maximum Gasteiger partial charge on any atom is 0.305 e. The number of carbonyl (C=O) groups excluding carboxylic acids is 2. The number of hydrogen-bond donors (Lipinski definition) is 2. The number of carbonyl (C=O) groups is 2. The molecule has 0 aliphatic heterocycles. The van der Waals surface area contributed by atoms with Crippen molar-refractivity contribution >= 4 is 23.4 Å². The third kappa shape index (κ3) is 3.50. The molecule has 2 heterocycles. The smallest absolute Gasteiger partial charge is 0.305 e. The van der Waals surface area contributed by atoms with E-state index >= 15 is 0 Å². The number of benzene rings is 1. The number of halogens is 1. The first-order valence-corrected chi connectivity index (χ1v) is 7.85. The van der Waals surface area contributed by atoms with Crippen molar-refractivity contribution in [1.29, 1.82) is 0 Å². The molecular weight excluding hydrogens is 360 g/mol. The summed E-state index contributed by atoms with van der Waals surface area (Å²) in [6.07, 6.45) is 1.32. The van der Waals surface area contributed by atoms with Gasteiger partial charge >= 0.3 is 5.91 Å². The minimum absolute atomic E-state index is 0.00986. The molecule has 0 atom stereocenters. The average molecular weight is 373 g/mol. The lowest BCUT2D eigenvalue weighted by Crippen LogP contribution is -2.44. The van der Waals surface area contributed by atoms with Crippen LogP contribution in [0, 0.1) is 6.92 Å². The van der Waals surface area contributed by atoms with Crippen molar-refractivity contribution < 1.29 is 14.0 Å². The van der Waals surface area contributed by atoms with E-state index in [0.29, 0.717) is 16.4 Å². The van der Waals surface area contributed by atoms with Gasteiger partial charge in [0.25, 0.3) is 5.91 Å². The highest BCUT2D eigenvalue weighted by molar-refractivity contribution is 6.32. The molecule has 0 spiro atoms. The number of rotatable bonds is 3. The van der Waals surface area contributed by atoms with Gasteiger partial charge in [-0.2, -0.15) is 5.10 Å². The van der Waals surface area contributed by atoms with Crippen LogP contribution in [0.5, 0.6) is 0 Å². The first-order valence-electron chi connectivity index (χ1n) is 7.47. The van der Waals surface area contributed by atoms with Crippen molar-refractivity contribution in [2.45, 2.75) is 6.92 Å². The van der Waals surface area contributed by atoms with Crippen LogP contribution in [0.15, 0.2) is 57.9 Å². The second-order valence-electron chi connectivity index (χ2n) is 5.25. The number of nitrogens with one attached hydrogen (secondary N) is 2. The Balaban J connectivity index is 1.87. The number of nitrogens with zero attached hydrogens (tertiary/aromatic N) is 2. The second-order valence-corrected chi connectivity index (χ2v) is 5.65. The zero-order chi connectivity index (χ0) is 18.7. The Morgan fingerprint density at radius 1 is 1.12 bits per heavy atom. The van der Waals surface area contributed by atoms with E-state index in [0.717, 1.165) is 0 Å². The van der Waals surface area contributed by atoms with Crippen LogP contribution in [0.2, 0.25) is 5.02 Å². The summed E-state index contributed by atoms with van der Waals surface area (Å²) in [5.74, 6) is -1.52. The third-order valence-corrected chi connectivity index (χ3v) is 3.76. The van der Waals surface area contributed by atoms with Crippen LogP contribution < -0.4 is 16.3 Å². The molecule has 0 aliphatic carbocycles. The lowest BCUT2D eigenvalue weighted by Gasteiger charge is -2.12. The molecule has 2 aromatic heterocycles. The van der Waals surface area contributed by atoms with Crippen LogP contribution in [-0.4, -0.2) is 21.6 Å². The Kier molecular flexibility index (Phi) is 4.85. The zero-order valence-electron chi connectivity index (χ0n) is 13.5. The molecule has 26 heavy (non-hydrogen) atoms. The molecule has 8 nitrogen and oxygen atoms in total. The first-order chi connectivity index (χ1) is 12.5. The van der Waals surface area contributed by atoms with Gasteiger partial charge in [-0.05, 0) is 31.2 Å². The van der Waals surface area contributed by atoms with E-state index in [1.807, 2.05) is 0 Å². The fourth-order valence-electron chi connectivity index (χ4n) is 2.21. The van der Waals surface area contributed by atoms with E-state index in [9.17, 15) is 14.4 Å². The van der Waals surface area contributed by atoms with Gasteiger partial charge in [0.15, 0.2) is 11.5 Å². The minimum atomic E-state index is -0.865. The Bertz CT molecular complexity index is 1030. The molecule has 0 bridgehead atoms. The molecule has 3 rings (SSSR count). The molecule has 132 valence electrons. The molecular formula is C17H13ClN4O4. The van der Waals surface area contributed by atoms with Crippen LogP contribution in [0.4, 0.5) is 0 Å². The Morgan fingerprint density at radius 2 is 1.85 bits per heavy atom. The van der Waals surface area contributed by atoms with Crippen molar-refractivity contribution in [1.82, 2.24) is 20.6 Å². The van der Waals surface area contributed by atoms with Crippen LogP contribution in [-0.2, 0) is 0 Å². The molecule has 0 fully saturated rings. The van der Waals surface area contributed by atoms with Gasteiger partial charge in [0.2, 0.25) is 5.43 Å². The van der Waals surface area contributed by atoms with Gasteiger partial charge in [0.05, 0.1) is 17.0 Å². The maximum atomic E-state index is 12.3.